The first-order chi connectivity index (χ1) is 8.97. The van der Waals surface area contributed by atoms with Crippen molar-refractivity contribution in [1.29, 1.82) is 0 Å². The molecular weight excluding hydrogens is 353 g/mol. The number of rotatable bonds is 6. The third-order valence-electron chi connectivity index (χ3n) is 2.89. The molecule has 0 aliphatic rings. The molecule has 0 aliphatic carbocycles. The SMILES string of the molecule is COc1ccc(C(=O)N[C@H](C)CC(C)C)cc1CI. The van der Waals surface area contributed by atoms with Gasteiger partial charge < -0.3 is 10.1 Å². The summed E-state index contributed by atoms with van der Waals surface area (Å²) in [5, 5.41) is 3.03. The fourth-order valence-electron chi connectivity index (χ4n) is 2.10. The maximum absolute atomic E-state index is 12.1. The van der Waals surface area contributed by atoms with E-state index < -0.39 is 0 Å². The summed E-state index contributed by atoms with van der Waals surface area (Å²) in [5.41, 5.74) is 1.75. The number of ether oxygens (including phenoxy) is 1. The molecule has 0 aliphatic heterocycles. The molecule has 0 saturated heterocycles. The van der Waals surface area contributed by atoms with Gasteiger partial charge in [-0.25, -0.2) is 0 Å². The van der Waals surface area contributed by atoms with Crippen molar-refractivity contribution in [2.75, 3.05) is 7.11 Å². The number of methoxy groups -OCH3 is 1. The minimum absolute atomic E-state index is 0.0121. The van der Waals surface area contributed by atoms with Crippen LogP contribution < -0.4 is 10.1 Å². The molecular formula is C15H22INO2. The number of nitrogens with one attached hydrogen (secondary N) is 1. The van der Waals surface area contributed by atoms with Gasteiger partial charge in [-0.1, -0.05) is 36.4 Å². The van der Waals surface area contributed by atoms with E-state index >= 15 is 0 Å². The van der Waals surface area contributed by atoms with Crippen LogP contribution in [0.3, 0.4) is 0 Å². The lowest BCUT2D eigenvalue weighted by molar-refractivity contribution is 0.0936. The van der Waals surface area contributed by atoms with Crippen LogP contribution in [0.1, 0.15) is 43.1 Å². The summed E-state index contributed by atoms with van der Waals surface area (Å²) in [6, 6.07) is 5.77. The first-order valence-corrected chi connectivity index (χ1v) is 8.04. The fourth-order valence-corrected chi connectivity index (χ4v) is 2.69. The molecule has 3 nitrogen and oxygen atoms in total. The molecule has 19 heavy (non-hydrogen) atoms. The van der Waals surface area contributed by atoms with E-state index in [1.165, 1.54) is 0 Å². The summed E-state index contributed by atoms with van der Waals surface area (Å²) >= 11 is 2.27. The van der Waals surface area contributed by atoms with E-state index in [0.717, 1.165) is 22.2 Å². The van der Waals surface area contributed by atoms with E-state index in [4.69, 9.17) is 4.74 Å². The quantitative estimate of drug-likeness (QED) is 0.607. The van der Waals surface area contributed by atoms with E-state index in [9.17, 15) is 4.79 Å². The van der Waals surface area contributed by atoms with Gasteiger partial charge in [-0.3, -0.25) is 4.79 Å². The Hall–Kier alpha value is -0.780. The average Bonchev–Trinajstić information content (AvgIpc) is 2.36. The molecule has 0 heterocycles. The predicted octanol–water partition coefficient (Wildman–Crippen LogP) is 3.79. The molecule has 0 bridgehead atoms. The van der Waals surface area contributed by atoms with Gasteiger partial charge >= 0.3 is 0 Å². The molecule has 0 saturated carbocycles. The van der Waals surface area contributed by atoms with Crippen LogP contribution in [-0.4, -0.2) is 19.1 Å². The molecule has 0 aromatic heterocycles. The van der Waals surface area contributed by atoms with Gasteiger partial charge in [0.2, 0.25) is 0 Å². The summed E-state index contributed by atoms with van der Waals surface area (Å²) in [5.74, 6) is 1.40. The average molecular weight is 375 g/mol. The standard InChI is InChI=1S/C15H22INO2/c1-10(2)7-11(3)17-15(18)12-5-6-14(19-4)13(8-12)9-16/h5-6,8,10-11H,7,9H2,1-4H3,(H,17,18)/t11-/m1/s1. The van der Waals surface area contributed by atoms with Crippen LogP contribution in [0.4, 0.5) is 0 Å². The molecule has 1 atom stereocenters. The smallest absolute Gasteiger partial charge is 0.251 e. The van der Waals surface area contributed by atoms with E-state index in [-0.39, 0.29) is 11.9 Å². The number of carbonyl (C=O) groups excluding carboxylic acids is 1. The summed E-state index contributed by atoms with van der Waals surface area (Å²) in [7, 11) is 1.65. The van der Waals surface area contributed by atoms with Gasteiger partial charge in [0.05, 0.1) is 7.11 Å². The monoisotopic (exact) mass is 375 g/mol. The van der Waals surface area contributed by atoms with Crippen LogP contribution in [0.25, 0.3) is 0 Å². The largest absolute Gasteiger partial charge is 0.496 e. The molecule has 1 amide bonds. The highest BCUT2D eigenvalue weighted by atomic mass is 127. The van der Waals surface area contributed by atoms with Crippen molar-refractivity contribution in [2.24, 2.45) is 5.92 Å². The fraction of sp³-hybridized carbons (Fsp3) is 0.533. The molecule has 1 N–H and O–H groups in total. The van der Waals surface area contributed by atoms with E-state index in [1.807, 2.05) is 25.1 Å². The molecule has 0 spiro atoms. The topological polar surface area (TPSA) is 38.3 Å². The molecule has 4 heteroatoms. The highest BCUT2D eigenvalue weighted by Gasteiger charge is 2.13. The normalized spacial score (nSPS) is 12.3. The Morgan fingerprint density at radius 1 is 1.37 bits per heavy atom. The molecule has 1 aromatic carbocycles. The van der Waals surface area contributed by atoms with Gasteiger partial charge in [0, 0.05) is 21.6 Å². The van der Waals surface area contributed by atoms with Gasteiger partial charge in [0.1, 0.15) is 5.75 Å². The number of hydrogen-bond donors (Lipinski definition) is 1. The van der Waals surface area contributed by atoms with E-state index in [0.29, 0.717) is 11.5 Å². The third-order valence-corrected chi connectivity index (χ3v) is 3.71. The van der Waals surface area contributed by atoms with Crippen molar-refractivity contribution in [2.45, 2.75) is 37.7 Å². The summed E-state index contributed by atoms with van der Waals surface area (Å²) in [4.78, 5) is 12.1. The first kappa shape index (κ1) is 16.3. The number of amides is 1. The molecule has 0 radical (unpaired) electrons. The summed E-state index contributed by atoms with van der Waals surface area (Å²) in [6.45, 7) is 6.36. The van der Waals surface area contributed by atoms with Gasteiger partial charge in [0.15, 0.2) is 0 Å². The highest BCUT2D eigenvalue weighted by Crippen LogP contribution is 2.22. The first-order valence-electron chi connectivity index (χ1n) is 6.51. The van der Waals surface area contributed by atoms with Crippen LogP contribution >= 0.6 is 22.6 Å². The van der Waals surface area contributed by atoms with E-state index in [2.05, 4.69) is 41.8 Å². The Bertz CT molecular complexity index is 432. The Morgan fingerprint density at radius 3 is 2.58 bits per heavy atom. The van der Waals surface area contributed by atoms with Crippen molar-refractivity contribution < 1.29 is 9.53 Å². The number of hydrogen-bond acceptors (Lipinski definition) is 2. The second-order valence-corrected chi connectivity index (χ2v) is 5.93. The Morgan fingerprint density at radius 2 is 2.05 bits per heavy atom. The number of halogens is 1. The molecule has 1 rings (SSSR count). The van der Waals surface area contributed by atoms with Gasteiger partial charge in [-0.05, 0) is 37.5 Å². The molecule has 106 valence electrons. The molecule has 0 fully saturated rings. The minimum Gasteiger partial charge on any atom is -0.496 e. The lowest BCUT2D eigenvalue weighted by Gasteiger charge is -2.16. The summed E-state index contributed by atoms with van der Waals surface area (Å²) < 4.78 is 6.09. The lowest BCUT2D eigenvalue weighted by atomic mass is 10.0. The van der Waals surface area contributed by atoms with Crippen LogP contribution in [0.5, 0.6) is 5.75 Å². The second-order valence-electron chi connectivity index (χ2n) is 5.16. The zero-order chi connectivity index (χ0) is 14.4. The molecule has 0 unspecified atom stereocenters. The maximum Gasteiger partial charge on any atom is 0.251 e. The predicted molar refractivity (Wildman–Crippen MR) is 87.1 cm³/mol. The van der Waals surface area contributed by atoms with Gasteiger partial charge in [-0.2, -0.15) is 0 Å². The van der Waals surface area contributed by atoms with Crippen molar-refractivity contribution in [1.82, 2.24) is 5.32 Å². The Labute approximate surface area is 129 Å². The van der Waals surface area contributed by atoms with Crippen molar-refractivity contribution in [3.05, 3.63) is 29.3 Å². The zero-order valence-corrected chi connectivity index (χ0v) is 14.2. The zero-order valence-electron chi connectivity index (χ0n) is 12.0. The highest BCUT2D eigenvalue weighted by molar-refractivity contribution is 14.1. The summed E-state index contributed by atoms with van der Waals surface area (Å²) in [6.07, 6.45) is 0.987. The van der Waals surface area contributed by atoms with Crippen molar-refractivity contribution >= 4 is 28.5 Å². The van der Waals surface area contributed by atoms with Gasteiger partial charge in [0.25, 0.3) is 5.91 Å². The van der Waals surface area contributed by atoms with Gasteiger partial charge in [-0.15, -0.1) is 0 Å². The van der Waals surface area contributed by atoms with Crippen molar-refractivity contribution in [3.63, 3.8) is 0 Å². The number of benzene rings is 1. The molecule has 1 aromatic rings. The number of alkyl halides is 1. The third kappa shape index (κ3) is 5.01. The van der Waals surface area contributed by atoms with Crippen LogP contribution in [-0.2, 0) is 4.43 Å². The van der Waals surface area contributed by atoms with Crippen LogP contribution in [0.2, 0.25) is 0 Å². The maximum atomic E-state index is 12.1. The van der Waals surface area contributed by atoms with Crippen LogP contribution in [0, 0.1) is 5.92 Å². The second kappa shape index (κ2) is 7.72. The number of carbonyl (C=O) groups is 1. The Kier molecular flexibility index (Phi) is 6.62. The minimum atomic E-state index is -0.0121. The lowest BCUT2D eigenvalue weighted by Crippen LogP contribution is -2.33. The van der Waals surface area contributed by atoms with Crippen LogP contribution in [0.15, 0.2) is 18.2 Å². The van der Waals surface area contributed by atoms with E-state index in [1.54, 1.807) is 7.11 Å². The van der Waals surface area contributed by atoms with Crippen molar-refractivity contribution in [3.8, 4) is 5.75 Å². The Balaban J connectivity index is 2.77.